The van der Waals surface area contributed by atoms with Crippen LogP contribution < -0.4 is 5.32 Å². The fraction of sp³-hybridized carbons (Fsp3) is 0.667. The summed E-state index contributed by atoms with van der Waals surface area (Å²) in [5, 5.41) is 3.51. The molecule has 27 heavy (non-hydrogen) atoms. The standard InChI is InChI=1S/C21H34N4O.HI/c1-3-22-21(25-11-9-18(2)10-12-25)23-17-20(19-7-5-4-6-8-19)24-13-15-26-16-14-24;/h4-8,18,20H,3,9-17H2,1-2H3,(H,22,23);1H. The monoisotopic (exact) mass is 486 g/mol. The lowest BCUT2D eigenvalue weighted by atomic mass is 9.99. The Morgan fingerprint density at radius 2 is 1.81 bits per heavy atom. The Morgan fingerprint density at radius 1 is 1.15 bits per heavy atom. The first-order valence-corrected chi connectivity index (χ1v) is 10.2. The normalized spacial score (nSPS) is 20.8. The van der Waals surface area contributed by atoms with Gasteiger partial charge < -0.3 is 15.0 Å². The molecule has 0 bridgehead atoms. The van der Waals surface area contributed by atoms with E-state index in [0.29, 0.717) is 6.04 Å². The zero-order valence-electron chi connectivity index (χ0n) is 16.8. The van der Waals surface area contributed by atoms with Crippen LogP contribution >= 0.6 is 24.0 Å². The molecule has 0 saturated carbocycles. The molecule has 5 nitrogen and oxygen atoms in total. The van der Waals surface area contributed by atoms with Gasteiger partial charge in [-0.15, -0.1) is 24.0 Å². The molecular weight excluding hydrogens is 451 g/mol. The highest BCUT2D eigenvalue weighted by Crippen LogP contribution is 2.23. The maximum absolute atomic E-state index is 5.56. The fourth-order valence-corrected chi connectivity index (χ4v) is 3.82. The first kappa shape index (κ1) is 22.4. The van der Waals surface area contributed by atoms with Crippen LogP contribution in [0.15, 0.2) is 35.3 Å². The molecular formula is C21H35IN4O. The largest absolute Gasteiger partial charge is 0.379 e. The lowest BCUT2D eigenvalue weighted by molar-refractivity contribution is 0.0179. The minimum absolute atomic E-state index is 0. The number of hydrogen-bond donors (Lipinski definition) is 1. The highest BCUT2D eigenvalue weighted by molar-refractivity contribution is 14.0. The number of nitrogens with one attached hydrogen (secondary N) is 1. The summed E-state index contributed by atoms with van der Waals surface area (Å²) in [6, 6.07) is 11.1. The van der Waals surface area contributed by atoms with Crippen molar-refractivity contribution < 1.29 is 4.74 Å². The summed E-state index contributed by atoms with van der Waals surface area (Å²) >= 11 is 0. The molecule has 0 spiro atoms. The summed E-state index contributed by atoms with van der Waals surface area (Å²) in [5.74, 6) is 1.91. The lowest BCUT2D eigenvalue weighted by Crippen LogP contribution is -2.46. The number of morpholine rings is 1. The van der Waals surface area contributed by atoms with Crippen LogP contribution in [0.4, 0.5) is 0 Å². The number of rotatable bonds is 5. The number of nitrogens with zero attached hydrogens (tertiary/aromatic N) is 3. The Balaban J connectivity index is 0.00000261. The molecule has 2 aliphatic rings. The SMILES string of the molecule is CCNC(=NCC(c1ccccc1)N1CCOCC1)N1CCC(C)CC1.I. The van der Waals surface area contributed by atoms with E-state index >= 15 is 0 Å². The van der Waals surface area contributed by atoms with Crippen molar-refractivity contribution in [3.63, 3.8) is 0 Å². The quantitative estimate of drug-likeness (QED) is 0.394. The van der Waals surface area contributed by atoms with Crippen molar-refractivity contribution in [2.75, 3.05) is 52.5 Å². The van der Waals surface area contributed by atoms with E-state index in [-0.39, 0.29) is 24.0 Å². The van der Waals surface area contributed by atoms with Crippen LogP contribution in [0.2, 0.25) is 0 Å². The average molecular weight is 486 g/mol. The van der Waals surface area contributed by atoms with Crippen LogP contribution in [0.5, 0.6) is 0 Å². The van der Waals surface area contributed by atoms with Crippen LogP contribution in [0.3, 0.4) is 0 Å². The Hall–Kier alpha value is -0.860. The Bertz CT molecular complexity index is 555. The second-order valence-electron chi connectivity index (χ2n) is 7.44. The van der Waals surface area contributed by atoms with Crippen molar-refractivity contribution in [2.45, 2.75) is 32.7 Å². The Labute approximate surface area is 181 Å². The molecule has 2 heterocycles. The van der Waals surface area contributed by atoms with Crippen molar-refractivity contribution in [1.29, 1.82) is 0 Å². The number of halogens is 1. The maximum Gasteiger partial charge on any atom is 0.193 e. The molecule has 152 valence electrons. The molecule has 1 aromatic rings. The summed E-state index contributed by atoms with van der Waals surface area (Å²) in [6.07, 6.45) is 2.52. The second-order valence-corrected chi connectivity index (χ2v) is 7.44. The van der Waals surface area contributed by atoms with Crippen LogP contribution in [0.25, 0.3) is 0 Å². The molecule has 1 aromatic carbocycles. The minimum atomic E-state index is 0. The summed E-state index contributed by atoms with van der Waals surface area (Å²) < 4.78 is 5.56. The van der Waals surface area contributed by atoms with Gasteiger partial charge in [-0.2, -0.15) is 0 Å². The minimum Gasteiger partial charge on any atom is -0.379 e. The van der Waals surface area contributed by atoms with Gasteiger partial charge in [0.15, 0.2) is 5.96 Å². The molecule has 1 atom stereocenters. The van der Waals surface area contributed by atoms with Gasteiger partial charge in [-0.3, -0.25) is 9.89 Å². The van der Waals surface area contributed by atoms with Gasteiger partial charge in [-0.25, -0.2) is 0 Å². The van der Waals surface area contributed by atoms with Crippen molar-refractivity contribution in [3.05, 3.63) is 35.9 Å². The number of hydrogen-bond acceptors (Lipinski definition) is 3. The number of likely N-dealkylation sites (tertiary alicyclic amines) is 1. The number of ether oxygens (including phenoxy) is 1. The van der Waals surface area contributed by atoms with Gasteiger partial charge in [0.25, 0.3) is 0 Å². The lowest BCUT2D eigenvalue weighted by Gasteiger charge is -2.35. The van der Waals surface area contributed by atoms with E-state index in [1.54, 1.807) is 0 Å². The number of aliphatic imine (C=N–C) groups is 1. The zero-order chi connectivity index (χ0) is 18.2. The van der Waals surface area contributed by atoms with Crippen LogP contribution in [0.1, 0.15) is 38.3 Å². The third-order valence-electron chi connectivity index (χ3n) is 5.50. The molecule has 0 aliphatic carbocycles. The van der Waals surface area contributed by atoms with E-state index in [1.165, 1.54) is 18.4 Å². The highest BCUT2D eigenvalue weighted by atomic mass is 127. The Morgan fingerprint density at radius 3 is 2.44 bits per heavy atom. The molecule has 2 fully saturated rings. The van der Waals surface area contributed by atoms with Crippen molar-refractivity contribution >= 4 is 29.9 Å². The maximum atomic E-state index is 5.56. The van der Waals surface area contributed by atoms with Crippen molar-refractivity contribution in [2.24, 2.45) is 10.9 Å². The summed E-state index contributed by atoms with van der Waals surface area (Å²) in [7, 11) is 0. The average Bonchev–Trinajstić information content (AvgIpc) is 2.70. The van der Waals surface area contributed by atoms with Crippen molar-refractivity contribution in [3.8, 4) is 0 Å². The van der Waals surface area contributed by atoms with E-state index in [2.05, 4.69) is 59.3 Å². The summed E-state index contributed by atoms with van der Waals surface area (Å²) in [4.78, 5) is 10.0. The number of guanidine groups is 1. The van der Waals surface area contributed by atoms with Gasteiger partial charge in [0.1, 0.15) is 0 Å². The van der Waals surface area contributed by atoms with Gasteiger partial charge in [-0.05, 0) is 31.2 Å². The van der Waals surface area contributed by atoms with Gasteiger partial charge in [0.2, 0.25) is 0 Å². The molecule has 3 rings (SSSR count). The fourth-order valence-electron chi connectivity index (χ4n) is 3.82. The molecule has 0 amide bonds. The van der Waals surface area contributed by atoms with E-state index in [0.717, 1.165) is 64.4 Å². The van der Waals surface area contributed by atoms with Gasteiger partial charge in [0.05, 0.1) is 25.8 Å². The van der Waals surface area contributed by atoms with E-state index < -0.39 is 0 Å². The van der Waals surface area contributed by atoms with Gasteiger partial charge in [-0.1, -0.05) is 37.3 Å². The first-order valence-electron chi connectivity index (χ1n) is 10.2. The summed E-state index contributed by atoms with van der Waals surface area (Å²) in [6.45, 7) is 12.0. The Kier molecular flexibility index (Phi) is 9.86. The third-order valence-corrected chi connectivity index (χ3v) is 5.50. The predicted octanol–water partition coefficient (Wildman–Crippen LogP) is 3.38. The second kappa shape index (κ2) is 11.9. The molecule has 2 saturated heterocycles. The topological polar surface area (TPSA) is 40.1 Å². The smallest absolute Gasteiger partial charge is 0.193 e. The van der Waals surface area contributed by atoms with Crippen molar-refractivity contribution in [1.82, 2.24) is 15.1 Å². The molecule has 0 aromatic heterocycles. The number of piperidine rings is 1. The third kappa shape index (κ3) is 6.61. The van der Waals surface area contributed by atoms with E-state index in [9.17, 15) is 0 Å². The molecule has 2 aliphatic heterocycles. The van der Waals surface area contributed by atoms with Crippen LogP contribution in [0, 0.1) is 5.92 Å². The molecule has 0 radical (unpaired) electrons. The van der Waals surface area contributed by atoms with Crippen LogP contribution in [-0.2, 0) is 4.74 Å². The predicted molar refractivity (Wildman–Crippen MR) is 123 cm³/mol. The molecule has 1 N–H and O–H groups in total. The van der Waals surface area contributed by atoms with E-state index in [4.69, 9.17) is 9.73 Å². The van der Waals surface area contributed by atoms with Gasteiger partial charge >= 0.3 is 0 Å². The highest BCUT2D eigenvalue weighted by Gasteiger charge is 2.24. The summed E-state index contributed by atoms with van der Waals surface area (Å²) in [5.41, 5.74) is 1.35. The zero-order valence-corrected chi connectivity index (χ0v) is 19.1. The van der Waals surface area contributed by atoms with E-state index in [1.807, 2.05) is 0 Å². The first-order chi connectivity index (χ1) is 12.8. The van der Waals surface area contributed by atoms with Crippen LogP contribution in [-0.4, -0.2) is 68.2 Å². The molecule has 1 unspecified atom stereocenters. The van der Waals surface area contributed by atoms with Gasteiger partial charge in [0, 0.05) is 32.7 Å². The number of benzene rings is 1. The molecule has 6 heteroatoms.